The third kappa shape index (κ3) is 2.12. The first-order valence-electron chi connectivity index (χ1n) is 7.18. The van der Waals surface area contributed by atoms with Crippen LogP contribution in [0.5, 0.6) is 0 Å². The maximum absolute atomic E-state index is 12.8. The Morgan fingerprint density at radius 2 is 2.14 bits per heavy atom. The summed E-state index contributed by atoms with van der Waals surface area (Å²) in [5, 5.41) is 0.199. The van der Waals surface area contributed by atoms with Gasteiger partial charge >= 0.3 is 0 Å². The Bertz CT molecular complexity index is 874. The molecule has 1 fully saturated rings. The van der Waals surface area contributed by atoms with Gasteiger partial charge in [-0.05, 0) is 25.5 Å². The summed E-state index contributed by atoms with van der Waals surface area (Å²) >= 11 is 0. The molecule has 0 spiro atoms. The monoisotopic (exact) mass is 286 g/mol. The van der Waals surface area contributed by atoms with E-state index in [1.54, 1.807) is 25.1 Å². The second kappa shape index (κ2) is 4.80. The molecule has 1 aliphatic carbocycles. The first-order chi connectivity index (χ1) is 10.3. The van der Waals surface area contributed by atoms with E-state index in [-0.39, 0.29) is 41.9 Å². The Labute approximate surface area is 122 Å². The Hall–Kier alpha value is -2.50. The number of nitrogens with zero attached hydrogens (tertiary/aromatic N) is 2. The number of ketones is 2. The minimum atomic E-state index is -1.79. The molecular weight excluding hydrogens is 270 g/mol. The van der Waals surface area contributed by atoms with E-state index in [2.05, 4.69) is 4.98 Å². The largest absolute Gasteiger partial charge is 0.398 e. The van der Waals surface area contributed by atoms with Crippen molar-refractivity contribution in [3.63, 3.8) is 0 Å². The molecule has 1 aliphatic rings. The van der Waals surface area contributed by atoms with Gasteiger partial charge in [-0.1, -0.05) is 6.07 Å². The normalized spacial score (nSPS) is 23.4. The molecule has 1 heterocycles. The molecular formula is C15H15N3O3. The Morgan fingerprint density at radius 1 is 1.38 bits per heavy atom. The van der Waals surface area contributed by atoms with Crippen molar-refractivity contribution in [1.82, 2.24) is 9.55 Å². The summed E-state index contributed by atoms with van der Waals surface area (Å²) in [5.74, 6) is -0.516. The zero-order chi connectivity index (χ0) is 16.1. The van der Waals surface area contributed by atoms with Crippen molar-refractivity contribution in [1.29, 1.82) is 0 Å². The number of carbonyl (C=O) groups excluding carboxylic acids is 2. The number of hydrogen-bond acceptors (Lipinski definition) is 5. The van der Waals surface area contributed by atoms with Gasteiger partial charge in [0.25, 0.3) is 5.56 Å². The number of nitrogens with two attached hydrogens (primary N) is 1. The third-order valence-electron chi connectivity index (χ3n) is 3.69. The molecule has 0 radical (unpaired) electrons. The van der Waals surface area contributed by atoms with Gasteiger partial charge in [0.05, 0.1) is 24.7 Å². The van der Waals surface area contributed by atoms with E-state index in [4.69, 9.17) is 7.10 Å². The Morgan fingerprint density at radius 3 is 2.86 bits per heavy atom. The number of hydrogen-bond donors (Lipinski definition) is 1. The van der Waals surface area contributed by atoms with Gasteiger partial charge in [-0.2, -0.15) is 0 Å². The summed E-state index contributed by atoms with van der Waals surface area (Å²) in [6, 6.07) is 3.13. The lowest BCUT2D eigenvalue weighted by Crippen LogP contribution is -2.36. The van der Waals surface area contributed by atoms with Crippen molar-refractivity contribution in [2.45, 2.75) is 32.2 Å². The zero-order valence-corrected chi connectivity index (χ0v) is 11.5. The van der Waals surface area contributed by atoms with E-state index < -0.39 is 17.4 Å². The molecule has 1 atom stereocenters. The summed E-state index contributed by atoms with van der Waals surface area (Å²) < 4.78 is 9.54. The van der Waals surface area contributed by atoms with Crippen LogP contribution in [0, 0.1) is 6.92 Å². The molecule has 1 aromatic carbocycles. The highest BCUT2D eigenvalue weighted by Crippen LogP contribution is 2.24. The number of aromatic nitrogens is 2. The van der Waals surface area contributed by atoms with E-state index in [0.717, 1.165) is 4.57 Å². The fourth-order valence-corrected chi connectivity index (χ4v) is 2.69. The fraction of sp³-hybridized carbons (Fsp3) is 0.333. The molecule has 3 rings (SSSR count). The molecule has 6 nitrogen and oxygen atoms in total. The molecule has 0 amide bonds. The van der Waals surface area contributed by atoms with Crippen LogP contribution < -0.4 is 11.3 Å². The summed E-state index contributed by atoms with van der Waals surface area (Å²) in [7, 11) is 0. The third-order valence-corrected chi connectivity index (χ3v) is 3.69. The van der Waals surface area contributed by atoms with Crippen molar-refractivity contribution in [2.24, 2.45) is 0 Å². The molecule has 1 saturated carbocycles. The van der Waals surface area contributed by atoms with Crippen LogP contribution in [0.2, 0.25) is 0 Å². The van der Waals surface area contributed by atoms with Gasteiger partial charge in [0.15, 0.2) is 5.78 Å². The lowest BCUT2D eigenvalue weighted by molar-refractivity contribution is -0.132. The maximum Gasteiger partial charge on any atom is 0.264 e. The first-order valence-corrected chi connectivity index (χ1v) is 6.68. The van der Waals surface area contributed by atoms with Gasteiger partial charge in [-0.25, -0.2) is 4.98 Å². The Balaban J connectivity index is 2.32. The lowest BCUT2D eigenvalue weighted by atomic mass is 9.92. The van der Waals surface area contributed by atoms with Crippen molar-refractivity contribution in [2.75, 3.05) is 5.73 Å². The number of rotatable bonds is 1. The fourth-order valence-electron chi connectivity index (χ4n) is 2.69. The van der Waals surface area contributed by atoms with Gasteiger partial charge in [-0.15, -0.1) is 0 Å². The molecule has 0 unspecified atom stereocenters. The van der Waals surface area contributed by atoms with Gasteiger partial charge < -0.3 is 5.73 Å². The number of aryl methyl sites for hydroxylation is 1. The summed E-state index contributed by atoms with van der Waals surface area (Å²) in [6.07, 6.45) is -0.244. The number of Topliss-reactive ketones (excluding diaryl/α,β-unsaturated/α-hetero) is 2. The number of carbonyl (C=O) groups is 2. The van der Waals surface area contributed by atoms with Crippen LogP contribution in [0.4, 0.5) is 5.69 Å². The van der Waals surface area contributed by atoms with Gasteiger partial charge in [-0.3, -0.25) is 19.0 Å². The van der Waals surface area contributed by atoms with E-state index in [0.29, 0.717) is 5.52 Å². The number of benzene rings is 1. The van der Waals surface area contributed by atoms with Crippen molar-refractivity contribution in [3.8, 4) is 0 Å². The minimum absolute atomic E-state index is 0.0225. The summed E-state index contributed by atoms with van der Waals surface area (Å²) in [5.41, 5.74) is 6.02. The SMILES string of the molecule is [2H][C@@]1(n2c(C)nc3cccc(N)c3c2=O)CCC(=O)CC1=O. The molecule has 2 N–H and O–H groups in total. The molecule has 6 heteroatoms. The van der Waals surface area contributed by atoms with E-state index in [1.165, 1.54) is 0 Å². The number of fused-ring (bicyclic) bond motifs is 1. The van der Waals surface area contributed by atoms with Gasteiger partial charge in [0.2, 0.25) is 0 Å². The standard InChI is InChI=1S/C15H15N3O3/c1-8-17-11-4-2-3-10(16)14(11)15(21)18(8)12-6-5-9(19)7-13(12)20/h2-4,12H,5-7,16H2,1H3/t12-/m1/s1/i12D. The zero-order valence-electron chi connectivity index (χ0n) is 12.5. The number of nitrogen functional groups attached to an aromatic ring is 1. The molecule has 0 bridgehead atoms. The van der Waals surface area contributed by atoms with Crippen LogP contribution >= 0.6 is 0 Å². The van der Waals surface area contributed by atoms with Crippen molar-refractivity contribution < 1.29 is 11.0 Å². The highest BCUT2D eigenvalue weighted by molar-refractivity contribution is 6.03. The van der Waals surface area contributed by atoms with E-state index >= 15 is 0 Å². The quantitative estimate of drug-likeness (QED) is 0.626. The predicted octanol–water partition coefficient (Wildman–Crippen LogP) is 1.15. The number of anilines is 1. The lowest BCUT2D eigenvalue weighted by Gasteiger charge is -2.24. The molecule has 0 saturated heterocycles. The molecule has 0 aliphatic heterocycles. The van der Waals surface area contributed by atoms with Gasteiger partial charge in [0.1, 0.15) is 11.6 Å². The highest BCUT2D eigenvalue weighted by atomic mass is 16.2. The van der Waals surface area contributed by atoms with E-state index in [1.807, 2.05) is 0 Å². The maximum atomic E-state index is 12.8. The Kier molecular flexibility index (Phi) is 2.80. The molecule has 2 aromatic rings. The van der Waals surface area contributed by atoms with Crippen LogP contribution in [0.3, 0.4) is 0 Å². The van der Waals surface area contributed by atoms with Crippen molar-refractivity contribution >= 4 is 28.2 Å². The topological polar surface area (TPSA) is 95.1 Å². The summed E-state index contributed by atoms with van der Waals surface area (Å²) in [6.45, 7) is 1.57. The minimum Gasteiger partial charge on any atom is -0.398 e. The highest BCUT2D eigenvalue weighted by Gasteiger charge is 2.30. The molecule has 21 heavy (non-hydrogen) atoms. The van der Waals surface area contributed by atoms with Crippen LogP contribution in [0.15, 0.2) is 23.0 Å². The van der Waals surface area contributed by atoms with Gasteiger partial charge in [0, 0.05) is 12.1 Å². The van der Waals surface area contributed by atoms with Crippen LogP contribution in [0.1, 0.15) is 32.5 Å². The molecule has 1 aromatic heterocycles. The second-order valence-corrected chi connectivity index (χ2v) is 5.13. The average Bonchev–Trinajstić information content (AvgIpc) is 2.43. The predicted molar refractivity (Wildman–Crippen MR) is 78.1 cm³/mol. The van der Waals surface area contributed by atoms with Crippen molar-refractivity contribution in [3.05, 3.63) is 34.4 Å². The average molecular weight is 286 g/mol. The second-order valence-electron chi connectivity index (χ2n) is 5.13. The van der Waals surface area contributed by atoms with Crippen LogP contribution in [-0.2, 0) is 9.59 Å². The van der Waals surface area contributed by atoms with Crippen LogP contribution in [0.25, 0.3) is 10.9 Å². The summed E-state index contributed by atoms with van der Waals surface area (Å²) in [4.78, 5) is 40.7. The van der Waals surface area contributed by atoms with E-state index in [9.17, 15) is 14.4 Å². The first kappa shape index (κ1) is 12.3. The molecule has 108 valence electrons. The smallest absolute Gasteiger partial charge is 0.264 e. The van der Waals surface area contributed by atoms with Crippen LogP contribution in [-0.4, -0.2) is 21.1 Å².